The molecule has 0 saturated heterocycles. The number of hydrogen-bond acceptors (Lipinski definition) is 2. The topological polar surface area (TPSA) is 59.2 Å². The Morgan fingerprint density at radius 2 is 2.12 bits per heavy atom. The molecule has 16 heavy (non-hydrogen) atoms. The number of carbonyl (C=O) groups is 1. The molecule has 0 bridgehead atoms. The first-order chi connectivity index (χ1) is 7.79. The van der Waals surface area contributed by atoms with Crippen molar-refractivity contribution in [3.8, 4) is 0 Å². The summed E-state index contributed by atoms with van der Waals surface area (Å²) in [4.78, 5) is 17.2. The molecular weight excluding hydrogens is 202 g/mol. The van der Waals surface area contributed by atoms with E-state index in [4.69, 9.17) is 5.73 Å². The SMILES string of the molecule is NC(=O)N(c1cccnc1)C1CCCCC1. The zero-order chi connectivity index (χ0) is 11.4. The second-order valence-corrected chi connectivity index (χ2v) is 4.21. The van der Waals surface area contributed by atoms with Crippen molar-refractivity contribution in [2.75, 3.05) is 4.90 Å². The Labute approximate surface area is 95.5 Å². The summed E-state index contributed by atoms with van der Waals surface area (Å²) in [7, 11) is 0. The van der Waals surface area contributed by atoms with E-state index < -0.39 is 0 Å². The molecule has 0 spiro atoms. The van der Waals surface area contributed by atoms with Crippen LogP contribution in [-0.2, 0) is 0 Å². The van der Waals surface area contributed by atoms with E-state index in [1.165, 1.54) is 19.3 Å². The van der Waals surface area contributed by atoms with Crippen LogP contribution < -0.4 is 10.6 Å². The summed E-state index contributed by atoms with van der Waals surface area (Å²) < 4.78 is 0. The molecule has 0 aliphatic heterocycles. The largest absolute Gasteiger partial charge is 0.351 e. The van der Waals surface area contributed by atoms with Gasteiger partial charge in [-0.3, -0.25) is 9.88 Å². The average Bonchev–Trinajstić information content (AvgIpc) is 2.31. The average molecular weight is 219 g/mol. The molecule has 1 aromatic heterocycles. The molecule has 0 atom stereocenters. The Bertz CT molecular complexity index is 347. The predicted molar refractivity (Wildman–Crippen MR) is 63.2 cm³/mol. The summed E-state index contributed by atoms with van der Waals surface area (Å²) in [6.45, 7) is 0. The van der Waals surface area contributed by atoms with Crippen molar-refractivity contribution < 1.29 is 4.79 Å². The number of anilines is 1. The third-order valence-electron chi connectivity index (χ3n) is 3.10. The van der Waals surface area contributed by atoms with Gasteiger partial charge in [0, 0.05) is 12.2 Å². The van der Waals surface area contributed by atoms with Gasteiger partial charge in [0.05, 0.1) is 11.9 Å². The van der Waals surface area contributed by atoms with Crippen molar-refractivity contribution in [2.24, 2.45) is 5.73 Å². The summed E-state index contributed by atoms with van der Waals surface area (Å²) >= 11 is 0. The number of nitrogens with zero attached hydrogens (tertiary/aromatic N) is 2. The van der Waals surface area contributed by atoms with E-state index in [0.29, 0.717) is 0 Å². The highest BCUT2D eigenvalue weighted by Crippen LogP contribution is 2.26. The molecule has 4 nitrogen and oxygen atoms in total. The van der Waals surface area contributed by atoms with E-state index in [1.54, 1.807) is 17.3 Å². The van der Waals surface area contributed by atoms with Crippen molar-refractivity contribution in [1.29, 1.82) is 0 Å². The summed E-state index contributed by atoms with van der Waals surface area (Å²) in [5.74, 6) is 0. The lowest BCUT2D eigenvalue weighted by molar-refractivity contribution is 0.249. The number of carbonyl (C=O) groups excluding carboxylic acids is 1. The summed E-state index contributed by atoms with van der Waals surface area (Å²) in [5.41, 5.74) is 6.27. The molecular formula is C12H17N3O. The van der Waals surface area contributed by atoms with Gasteiger partial charge in [0.15, 0.2) is 0 Å². The van der Waals surface area contributed by atoms with Crippen LogP contribution in [0.25, 0.3) is 0 Å². The molecule has 1 fully saturated rings. The second kappa shape index (κ2) is 4.96. The van der Waals surface area contributed by atoms with Gasteiger partial charge in [0.1, 0.15) is 0 Å². The van der Waals surface area contributed by atoms with Crippen LogP contribution in [0.3, 0.4) is 0 Å². The van der Waals surface area contributed by atoms with Crippen LogP contribution in [0.4, 0.5) is 10.5 Å². The van der Waals surface area contributed by atoms with E-state index in [2.05, 4.69) is 4.98 Å². The molecule has 1 aliphatic carbocycles. The third kappa shape index (κ3) is 2.32. The monoisotopic (exact) mass is 219 g/mol. The fraction of sp³-hybridized carbons (Fsp3) is 0.500. The van der Waals surface area contributed by atoms with Crippen molar-refractivity contribution >= 4 is 11.7 Å². The molecule has 2 N–H and O–H groups in total. The molecule has 2 rings (SSSR count). The van der Waals surface area contributed by atoms with Gasteiger partial charge in [-0.2, -0.15) is 0 Å². The molecule has 1 saturated carbocycles. The molecule has 4 heteroatoms. The number of urea groups is 1. The second-order valence-electron chi connectivity index (χ2n) is 4.21. The van der Waals surface area contributed by atoms with Crippen LogP contribution in [0.5, 0.6) is 0 Å². The zero-order valence-electron chi connectivity index (χ0n) is 9.30. The Hall–Kier alpha value is -1.58. The molecule has 0 aromatic carbocycles. The number of rotatable bonds is 2. The molecule has 0 radical (unpaired) electrons. The molecule has 1 aliphatic rings. The van der Waals surface area contributed by atoms with Crippen molar-refractivity contribution in [2.45, 2.75) is 38.1 Å². The predicted octanol–water partition coefficient (Wildman–Crippen LogP) is 2.30. The highest BCUT2D eigenvalue weighted by Gasteiger charge is 2.25. The van der Waals surface area contributed by atoms with Gasteiger partial charge < -0.3 is 5.73 Å². The van der Waals surface area contributed by atoms with E-state index >= 15 is 0 Å². The Balaban J connectivity index is 2.20. The first kappa shape index (κ1) is 10.9. The van der Waals surface area contributed by atoms with Crippen molar-refractivity contribution in [3.05, 3.63) is 24.5 Å². The molecule has 0 unspecified atom stereocenters. The maximum absolute atomic E-state index is 11.5. The van der Waals surface area contributed by atoms with Crippen molar-refractivity contribution in [1.82, 2.24) is 4.98 Å². The fourth-order valence-corrected chi connectivity index (χ4v) is 2.35. The summed E-state index contributed by atoms with van der Waals surface area (Å²) in [6.07, 6.45) is 9.08. The van der Waals surface area contributed by atoms with Gasteiger partial charge in [-0.1, -0.05) is 19.3 Å². The molecule has 86 valence electrons. The van der Waals surface area contributed by atoms with Gasteiger partial charge in [0.25, 0.3) is 0 Å². The van der Waals surface area contributed by atoms with Crippen LogP contribution in [0.1, 0.15) is 32.1 Å². The summed E-state index contributed by atoms with van der Waals surface area (Å²) in [6, 6.07) is 3.58. The van der Waals surface area contributed by atoms with E-state index in [1.807, 2.05) is 12.1 Å². The molecule has 1 heterocycles. The van der Waals surface area contributed by atoms with E-state index in [9.17, 15) is 4.79 Å². The maximum atomic E-state index is 11.5. The number of pyridine rings is 1. The number of nitrogens with two attached hydrogens (primary N) is 1. The Morgan fingerprint density at radius 3 is 2.69 bits per heavy atom. The van der Waals surface area contributed by atoms with Crippen molar-refractivity contribution in [3.63, 3.8) is 0 Å². The van der Waals surface area contributed by atoms with Gasteiger partial charge in [-0.05, 0) is 25.0 Å². The number of hydrogen-bond donors (Lipinski definition) is 1. The van der Waals surface area contributed by atoms with Crippen LogP contribution in [-0.4, -0.2) is 17.1 Å². The van der Waals surface area contributed by atoms with Gasteiger partial charge in [-0.25, -0.2) is 4.79 Å². The lowest BCUT2D eigenvalue weighted by atomic mass is 9.94. The Kier molecular flexibility index (Phi) is 3.39. The number of aromatic nitrogens is 1. The smallest absolute Gasteiger partial charge is 0.319 e. The van der Waals surface area contributed by atoms with Gasteiger partial charge in [0.2, 0.25) is 0 Å². The minimum absolute atomic E-state index is 0.246. The minimum atomic E-state index is -0.375. The highest BCUT2D eigenvalue weighted by molar-refractivity contribution is 5.91. The van der Waals surface area contributed by atoms with E-state index in [-0.39, 0.29) is 12.1 Å². The number of amides is 2. The van der Waals surface area contributed by atoms with Gasteiger partial charge >= 0.3 is 6.03 Å². The van der Waals surface area contributed by atoms with E-state index in [0.717, 1.165) is 18.5 Å². The number of primary amides is 1. The van der Waals surface area contributed by atoms with Crippen LogP contribution in [0.2, 0.25) is 0 Å². The fourth-order valence-electron chi connectivity index (χ4n) is 2.35. The standard InChI is InChI=1S/C12H17N3O/c13-12(16)15(10-5-2-1-3-6-10)11-7-4-8-14-9-11/h4,7-10H,1-3,5-6H2,(H2,13,16). The maximum Gasteiger partial charge on any atom is 0.319 e. The first-order valence-corrected chi connectivity index (χ1v) is 5.78. The quantitative estimate of drug-likeness (QED) is 0.829. The van der Waals surface area contributed by atoms with Crippen LogP contribution >= 0.6 is 0 Å². The summed E-state index contributed by atoms with van der Waals surface area (Å²) in [5, 5.41) is 0. The van der Waals surface area contributed by atoms with Crippen LogP contribution in [0.15, 0.2) is 24.5 Å². The highest BCUT2D eigenvalue weighted by atomic mass is 16.2. The lowest BCUT2D eigenvalue weighted by Gasteiger charge is -2.32. The van der Waals surface area contributed by atoms with Crippen LogP contribution in [0, 0.1) is 0 Å². The normalized spacial score (nSPS) is 17.0. The van der Waals surface area contributed by atoms with Gasteiger partial charge in [-0.15, -0.1) is 0 Å². The minimum Gasteiger partial charge on any atom is -0.351 e. The lowest BCUT2D eigenvalue weighted by Crippen LogP contribution is -2.44. The molecule has 2 amide bonds. The Morgan fingerprint density at radius 1 is 1.38 bits per heavy atom. The first-order valence-electron chi connectivity index (χ1n) is 5.78. The zero-order valence-corrected chi connectivity index (χ0v) is 9.30. The molecule has 1 aromatic rings. The third-order valence-corrected chi connectivity index (χ3v) is 3.10.